The second kappa shape index (κ2) is 11.6. The fourth-order valence-corrected chi connectivity index (χ4v) is 14.3. The fourth-order valence-electron chi connectivity index (χ4n) is 13.2. The first-order chi connectivity index (χ1) is 25.1. The van der Waals surface area contributed by atoms with E-state index in [4.69, 9.17) is 0 Å². The third-order valence-corrected chi connectivity index (χ3v) is 17.6. The molecule has 0 bridgehead atoms. The van der Waals surface area contributed by atoms with Crippen molar-refractivity contribution < 1.29 is 33.0 Å². The van der Waals surface area contributed by atoms with Gasteiger partial charge in [0.05, 0.1) is 27.0 Å². The smallest absolute Gasteiger partial charge is 0.337 e. The molecule has 10 heteroatoms. The number of hydrogen-bond acceptors (Lipinski definition) is 5. The molecule has 3 fully saturated rings. The Labute approximate surface area is 318 Å². The Bertz CT molecular complexity index is 2270. The molecule has 0 aliphatic heterocycles. The van der Waals surface area contributed by atoms with E-state index in [2.05, 4.69) is 70.3 Å². The molecule has 0 radical (unpaired) electrons. The van der Waals surface area contributed by atoms with Gasteiger partial charge in [0, 0.05) is 16.5 Å². The van der Waals surface area contributed by atoms with Crippen molar-refractivity contribution in [1.82, 2.24) is 9.71 Å². The molecule has 0 spiro atoms. The lowest BCUT2D eigenvalue weighted by Crippen LogP contribution is -2.65. The predicted octanol–water partition coefficient (Wildman–Crippen LogP) is 8.88. The number of sulfonamides is 1. The number of para-hydroxylation sites is 1. The maximum atomic E-state index is 14.6. The van der Waals surface area contributed by atoms with Gasteiger partial charge in [0.25, 0.3) is 10.0 Å². The number of carboxylic acid groups (broad SMARTS) is 2. The van der Waals surface area contributed by atoms with Crippen LogP contribution in [0.25, 0.3) is 10.9 Å². The third kappa shape index (κ3) is 4.93. The highest BCUT2D eigenvalue weighted by Gasteiger charge is 2.69. The van der Waals surface area contributed by atoms with Gasteiger partial charge in [-0.2, -0.15) is 0 Å². The van der Waals surface area contributed by atoms with E-state index in [1.54, 1.807) is 6.07 Å². The number of aromatic amines is 1. The Morgan fingerprint density at radius 3 is 2.19 bits per heavy atom. The molecule has 8 rings (SSSR count). The number of carboxylic acids is 2. The van der Waals surface area contributed by atoms with Crippen LogP contribution in [0.4, 0.5) is 0 Å². The lowest BCUT2D eigenvalue weighted by molar-refractivity contribution is -0.166. The minimum atomic E-state index is -4.23. The van der Waals surface area contributed by atoms with E-state index >= 15 is 0 Å². The molecule has 54 heavy (non-hydrogen) atoms. The molecule has 1 aromatic heterocycles. The summed E-state index contributed by atoms with van der Waals surface area (Å²) < 4.78 is 29.8. The largest absolute Gasteiger partial charge is 0.478 e. The molecule has 7 atom stereocenters. The zero-order chi connectivity index (χ0) is 39.0. The van der Waals surface area contributed by atoms with Gasteiger partial charge in [0.15, 0.2) is 0 Å². The van der Waals surface area contributed by atoms with Gasteiger partial charge < -0.3 is 15.2 Å². The van der Waals surface area contributed by atoms with Crippen molar-refractivity contribution in [3.8, 4) is 0 Å². The lowest BCUT2D eigenvalue weighted by Gasteiger charge is -2.70. The van der Waals surface area contributed by atoms with Crippen molar-refractivity contribution in [2.75, 3.05) is 0 Å². The van der Waals surface area contributed by atoms with E-state index in [9.17, 15) is 33.0 Å². The zero-order valence-electron chi connectivity index (χ0n) is 32.6. The number of carbonyl (C=O) groups is 3. The van der Waals surface area contributed by atoms with Crippen molar-refractivity contribution in [3.63, 3.8) is 0 Å². The predicted molar refractivity (Wildman–Crippen MR) is 207 cm³/mol. The monoisotopic (exact) mass is 754 g/mol. The molecule has 5 aliphatic rings. The molecular formula is C44H54N2O7S. The van der Waals surface area contributed by atoms with Crippen molar-refractivity contribution in [1.29, 1.82) is 0 Å². The summed E-state index contributed by atoms with van der Waals surface area (Å²) in [7, 11) is -4.23. The molecule has 288 valence electrons. The molecule has 2 aromatic carbocycles. The van der Waals surface area contributed by atoms with Crippen LogP contribution in [-0.2, 0) is 26.7 Å². The number of allylic oxidation sites excluding steroid dienone is 2. The van der Waals surface area contributed by atoms with Crippen LogP contribution in [0.2, 0.25) is 0 Å². The number of amides is 1. The Morgan fingerprint density at radius 1 is 0.833 bits per heavy atom. The summed E-state index contributed by atoms with van der Waals surface area (Å²) in [5.41, 5.74) is 3.32. The first-order valence-electron chi connectivity index (χ1n) is 19.6. The summed E-state index contributed by atoms with van der Waals surface area (Å²) in [6.45, 7) is 16.6. The quantitative estimate of drug-likeness (QED) is 0.190. The molecule has 9 nitrogen and oxygen atoms in total. The van der Waals surface area contributed by atoms with Crippen LogP contribution in [-0.4, -0.2) is 41.5 Å². The van der Waals surface area contributed by atoms with Crippen molar-refractivity contribution >= 4 is 38.8 Å². The molecule has 0 saturated heterocycles. The standard InChI is InChI=1S/C44H54N2O7S/c1-39(2)19-21-44(38(51)46-54(52,53)26-13-11-25(12-14-26)36(47)48)22-20-42(6)30(31(44)24-39)15-16-33-41(5)23-29-27-9-8-10-28(37(49)50)34(27)45-35(29)40(3,4)32(41)17-18-43(33,42)7/h8-15,31-33,45H,16-24H2,1-7H3,(H,46,51)(H,47,48)(H,49,50)/t31-,32-,33+,41-,42+,43+,44-/m0/s1. The first kappa shape index (κ1) is 37.0. The van der Waals surface area contributed by atoms with Crippen LogP contribution in [0.15, 0.2) is 59.0 Å². The normalized spacial score (nSPS) is 34.9. The zero-order valence-corrected chi connectivity index (χ0v) is 33.4. The van der Waals surface area contributed by atoms with Crippen molar-refractivity contribution in [2.45, 2.75) is 117 Å². The van der Waals surface area contributed by atoms with Gasteiger partial charge in [0.2, 0.25) is 5.91 Å². The maximum absolute atomic E-state index is 14.6. The summed E-state index contributed by atoms with van der Waals surface area (Å²) in [6.07, 6.45) is 9.90. The Hall–Kier alpha value is -3.92. The van der Waals surface area contributed by atoms with Gasteiger partial charge in [-0.15, -0.1) is 0 Å². The number of aromatic carboxylic acids is 2. The second-order valence-electron chi connectivity index (χ2n) is 19.5. The minimum Gasteiger partial charge on any atom is -0.478 e. The highest BCUT2D eigenvalue weighted by molar-refractivity contribution is 7.90. The van der Waals surface area contributed by atoms with Crippen LogP contribution in [0, 0.1) is 44.8 Å². The SMILES string of the molecule is CC1(C)CC[C@]2(C(=O)NS(=O)(=O)c3ccc(C(=O)O)cc3)CC[C@]3(C)C(=CC[C@@H]4[C@@]5(C)Cc6c([nH]c7c(C(=O)O)cccc67)C(C)(C)[C@@H]5CC[C@]43C)[C@@H]2C1. The molecule has 4 N–H and O–H groups in total. The van der Waals surface area contributed by atoms with Crippen LogP contribution < -0.4 is 4.72 Å². The number of aromatic nitrogens is 1. The van der Waals surface area contributed by atoms with Gasteiger partial charge in [-0.05, 0) is 133 Å². The van der Waals surface area contributed by atoms with Crippen LogP contribution in [0.3, 0.4) is 0 Å². The number of H-pyrrole nitrogens is 1. The lowest BCUT2D eigenvalue weighted by atomic mass is 9.33. The number of nitrogens with one attached hydrogen (secondary N) is 2. The van der Waals surface area contributed by atoms with Crippen LogP contribution >= 0.6 is 0 Å². The van der Waals surface area contributed by atoms with Gasteiger partial charge in [0.1, 0.15) is 0 Å². The minimum absolute atomic E-state index is 0.0194. The summed E-state index contributed by atoms with van der Waals surface area (Å²) >= 11 is 0. The summed E-state index contributed by atoms with van der Waals surface area (Å²) in [4.78, 5) is 41.8. The second-order valence-corrected chi connectivity index (χ2v) is 21.2. The summed E-state index contributed by atoms with van der Waals surface area (Å²) in [5.74, 6) is -1.89. The van der Waals surface area contributed by atoms with Gasteiger partial charge in [-0.1, -0.05) is 72.2 Å². The van der Waals surface area contributed by atoms with Crippen LogP contribution in [0.5, 0.6) is 0 Å². The van der Waals surface area contributed by atoms with E-state index in [-0.39, 0.29) is 43.5 Å². The Kier molecular flexibility index (Phi) is 7.92. The molecule has 5 aliphatic carbocycles. The van der Waals surface area contributed by atoms with E-state index in [0.717, 1.165) is 50.3 Å². The molecule has 1 amide bonds. The average Bonchev–Trinajstić information content (AvgIpc) is 3.47. The highest BCUT2D eigenvalue weighted by Crippen LogP contribution is 2.75. The number of fused-ring (bicyclic) bond motifs is 10. The molecule has 1 heterocycles. The number of hydrogen-bond donors (Lipinski definition) is 4. The van der Waals surface area contributed by atoms with E-state index in [1.165, 1.54) is 41.1 Å². The Balaban J connectivity index is 1.18. The van der Waals surface area contributed by atoms with Gasteiger partial charge >= 0.3 is 11.9 Å². The van der Waals surface area contributed by atoms with Gasteiger partial charge in [-0.25, -0.2) is 22.7 Å². The molecule has 3 saturated carbocycles. The topological polar surface area (TPSA) is 154 Å². The van der Waals surface area contributed by atoms with E-state index in [0.29, 0.717) is 35.8 Å². The van der Waals surface area contributed by atoms with Crippen molar-refractivity contribution in [3.05, 3.63) is 76.5 Å². The molecule has 3 aromatic rings. The molecule has 0 unspecified atom stereocenters. The van der Waals surface area contributed by atoms with Gasteiger partial charge in [-0.3, -0.25) is 4.79 Å². The summed E-state index contributed by atoms with van der Waals surface area (Å²) in [6, 6.07) is 10.6. The number of benzene rings is 2. The third-order valence-electron chi connectivity index (χ3n) is 16.2. The van der Waals surface area contributed by atoms with Crippen molar-refractivity contribution in [2.24, 2.45) is 44.8 Å². The van der Waals surface area contributed by atoms with E-state index < -0.39 is 33.3 Å². The average molecular weight is 755 g/mol. The molecular weight excluding hydrogens is 701 g/mol. The number of rotatable bonds is 5. The number of carbonyl (C=O) groups excluding carboxylic acids is 1. The van der Waals surface area contributed by atoms with Crippen LogP contribution in [0.1, 0.15) is 132 Å². The fraction of sp³-hybridized carbons (Fsp3) is 0.568. The summed E-state index contributed by atoms with van der Waals surface area (Å²) in [5, 5.41) is 20.4. The maximum Gasteiger partial charge on any atom is 0.337 e. The first-order valence-corrected chi connectivity index (χ1v) is 21.1. The highest BCUT2D eigenvalue weighted by atomic mass is 32.2. The Morgan fingerprint density at radius 2 is 1.52 bits per heavy atom. The van der Waals surface area contributed by atoms with E-state index in [1.807, 2.05) is 6.07 Å².